The van der Waals surface area contributed by atoms with Crippen LogP contribution in [-0.4, -0.2) is 54.7 Å². The van der Waals surface area contributed by atoms with E-state index in [0.717, 1.165) is 13.1 Å². The predicted octanol–water partition coefficient (Wildman–Crippen LogP) is 3.12. The van der Waals surface area contributed by atoms with E-state index in [-0.39, 0.29) is 6.09 Å². The first-order chi connectivity index (χ1) is 8.79. The van der Waals surface area contributed by atoms with E-state index in [9.17, 15) is 4.79 Å². The van der Waals surface area contributed by atoms with Crippen molar-refractivity contribution in [3.05, 3.63) is 0 Å². The Morgan fingerprint density at radius 1 is 1.11 bits per heavy atom. The first-order valence-electron chi connectivity index (χ1n) is 7.44. The molecular formula is C15H30N2O2. The minimum atomic E-state index is -0.416. The molecule has 0 radical (unpaired) electrons. The molecule has 0 heterocycles. The fourth-order valence-electron chi connectivity index (χ4n) is 2.44. The molecular weight excluding hydrogens is 240 g/mol. The van der Waals surface area contributed by atoms with Crippen molar-refractivity contribution in [1.29, 1.82) is 0 Å². The Morgan fingerprint density at radius 3 is 2.21 bits per heavy atom. The third-order valence-corrected chi connectivity index (χ3v) is 3.69. The molecule has 4 nitrogen and oxygen atoms in total. The molecule has 19 heavy (non-hydrogen) atoms. The average molecular weight is 270 g/mol. The molecule has 1 amide bonds. The number of carbonyl (C=O) groups excluding carboxylic acids is 1. The molecule has 1 aliphatic carbocycles. The summed E-state index contributed by atoms with van der Waals surface area (Å²) in [6.07, 6.45) is 6.43. The van der Waals surface area contributed by atoms with Crippen LogP contribution in [0.1, 0.15) is 52.9 Å². The fraction of sp³-hybridized carbons (Fsp3) is 0.933. The molecule has 0 aromatic heterocycles. The average Bonchev–Trinajstić information content (AvgIpc) is 2.34. The lowest BCUT2D eigenvalue weighted by atomic mass is 9.94. The van der Waals surface area contributed by atoms with Crippen LogP contribution in [0, 0.1) is 0 Å². The van der Waals surface area contributed by atoms with E-state index in [2.05, 4.69) is 11.9 Å². The molecule has 1 fully saturated rings. The van der Waals surface area contributed by atoms with Crippen molar-refractivity contribution in [1.82, 2.24) is 9.80 Å². The Labute approximate surface area is 118 Å². The second-order valence-electron chi connectivity index (χ2n) is 6.67. The van der Waals surface area contributed by atoms with Crippen molar-refractivity contribution in [2.45, 2.75) is 64.5 Å². The van der Waals surface area contributed by atoms with Crippen molar-refractivity contribution >= 4 is 6.09 Å². The molecule has 1 saturated carbocycles. The zero-order valence-corrected chi connectivity index (χ0v) is 13.2. The maximum atomic E-state index is 11.8. The maximum absolute atomic E-state index is 11.8. The summed E-state index contributed by atoms with van der Waals surface area (Å²) in [6, 6.07) is 0.695. The van der Waals surface area contributed by atoms with Gasteiger partial charge in [0.2, 0.25) is 0 Å². The largest absolute Gasteiger partial charge is 0.444 e. The highest BCUT2D eigenvalue weighted by molar-refractivity contribution is 5.67. The number of rotatable bonds is 4. The maximum Gasteiger partial charge on any atom is 0.410 e. The first-order valence-corrected chi connectivity index (χ1v) is 7.44. The monoisotopic (exact) mass is 270 g/mol. The molecule has 0 bridgehead atoms. The zero-order valence-electron chi connectivity index (χ0n) is 13.2. The van der Waals surface area contributed by atoms with Crippen LogP contribution in [0.4, 0.5) is 4.79 Å². The number of hydrogen-bond acceptors (Lipinski definition) is 3. The van der Waals surface area contributed by atoms with Crippen LogP contribution >= 0.6 is 0 Å². The van der Waals surface area contributed by atoms with Crippen molar-refractivity contribution < 1.29 is 9.53 Å². The summed E-state index contributed by atoms with van der Waals surface area (Å²) in [6.45, 7) is 7.33. The molecule has 0 unspecified atom stereocenters. The van der Waals surface area contributed by atoms with Gasteiger partial charge in [-0.3, -0.25) is 0 Å². The Hall–Kier alpha value is -0.770. The van der Waals surface area contributed by atoms with Gasteiger partial charge >= 0.3 is 6.09 Å². The topological polar surface area (TPSA) is 32.8 Å². The van der Waals surface area contributed by atoms with Crippen molar-refractivity contribution in [2.75, 3.05) is 27.2 Å². The van der Waals surface area contributed by atoms with Crippen LogP contribution in [-0.2, 0) is 4.74 Å². The third-order valence-electron chi connectivity index (χ3n) is 3.69. The van der Waals surface area contributed by atoms with Gasteiger partial charge in [0.05, 0.1) is 0 Å². The van der Waals surface area contributed by atoms with Gasteiger partial charge in [-0.05, 0) is 40.7 Å². The highest BCUT2D eigenvalue weighted by Gasteiger charge is 2.21. The summed E-state index contributed by atoms with van der Waals surface area (Å²) in [7, 11) is 3.97. The summed E-state index contributed by atoms with van der Waals surface area (Å²) < 4.78 is 5.35. The molecule has 0 saturated heterocycles. The summed E-state index contributed by atoms with van der Waals surface area (Å²) in [4.78, 5) is 15.9. The van der Waals surface area contributed by atoms with Gasteiger partial charge in [-0.25, -0.2) is 4.79 Å². The Morgan fingerprint density at radius 2 is 1.68 bits per heavy atom. The van der Waals surface area contributed by atoms with Gasteiger partial charge in [0.1, 0.15) is 5.60 Å². The lowest BCUT2D eigenvalue weighted by Gasteiger charge is -2.32. The smallest absolute Gasteiger partial charge is 0.410 e. The minimum Gasteiger partial charge on any atom is -0.444 e. The van der Waals surface area contributed by atoms with E-state index in [0.29, 0.717) is 6.04 Å². The minimum absolute atomic E-state index is 0.232. The van der Waals surface area contributed by atoms with Gasteiger partial charge in [-0.15, -0.1) is 0 Å². The quantitative estimate of drug-likeness (QED) is 0.787. The van der Waals surface area contributed by atoms with E-state index in [1.54, 1.807) is 4.90 Å². The van der Waals surface area contributed by atoms with Crippen molar-refractivity contribution in [3.63, 3.8) is 0 Å². The van der Waals surface area contributed by atoms with Gasteiger partial charge in [-0.1, -0.05) is 19.3 Å². The molecule has 112 valence electrons. The Balaban J connectivity index is 2.28. The SMILES string of the molecule is CN(CCN(C)C1CCCCC1)C(=O)OC(C)(C)C. The number of nitrogens with zero attached hydrogens (tertiary/aromatic N) is 2. The standard InChI is InChI=1S/C15H30N2O2/c1-15(2,3)19-14(18)17(5)12-11-16(4)13-9-7-6-8-10-13/h13H,6-12H2,1-5H3. The van der Waals surface area contributed by atoms with E-state index in [1.165, 1.54) is 32.1 Å². The fourth-order valence-corrected chi connectivity index (χ4v) is 2.44. The Kier molecular flexibility index (Phi) is 6.11. The molecule has 4 heteroatoms. The van der Waals surface area contributed by atoms with E-state index >= 15 is 0 Å². The number of amides is 1. The molecule has 0 N–H and O–H groups in total. The lowest BCUT2D eigenvalue weighted by Crippen LogP contribution is -2.41. The van der Waals surface area contributed by atoms with E-state index in [1.807, 2.05) is 27.8 Å². The number of carbonyl (C=O) groups is 1. The van der Waals surface area contributed by atoms with Gasteiger partial charge in [0, 0.05) is 26.2 Å². The van der Waals surface area contributed by atoms with Crippen LogP contribution in [0.2, 0.25) is 0 Å². The van der Waals surface area contributed by atoms with Crippen molar-refractivity contribution in [2.24, 2.45) is 0 Å². The van der Waals surface area contributed by atoms with Gasteiger partial charge < -0.3 is 14.5 Å². The first kappa shape index (κ1) is 16.3. The molecule has 1 aliphatic rings. The summed E-state index contributed by atoms with van der Waals surface area (Å²) in [5.74, 6) is 0. The molecule has 0 atom stereocenters. The highest BCUT2D eigenvalue weighted by Crippen LogP contribution is 2.21. The summed E-state index contributed by atoms with van der Waals surface area (Å²) in [5, 5.41) is 0. The third kappa shape index (κ3) is 6.28. The van der Waals surface area contributed by atoms with Crippen LogP contribution in [0.25, 0.3) is 0 Å². The summed E-state index contributed by atoms with van der Waals surface area (Å²) in [5.41, 5.74) is -0.416. The second-order valence-corrected chi connectivity index (χ2v) is 6.67. The van der Waals surface area contributed by atoms with E-state index < -0.39 is 5.60 Å². The Bertz CT molecular complexity index is 280. The molecule has 0 aromatic rings. The number of ether oxygens (including phenoxy) is 1. The van der Waals surface area contributed by atoms with Crippen LogP contribution in [0.5, 0.6) is 0 Å². The van der Waals surface area contributed by atoms with Crippen LogP contribution < -0.4 is 0 Å². The molecule has 0 aromatic carbocycles. The number of likely N-dealkylation sites (N-methyl/N-ethyl adjacent to an activating group) is 2. The lowest BCUT2D eigenvalue weighted by molar-refractivity contribution is 0.0277. The normalized spacial score (nSPS) is 17.6. The second kappa shape index (κ2) is 7.13. The predicted molar refractivity (Wildman–Crippen MR) is 78.4 cm³/mol. The van der Waals surface area contributed by atoms with Crippen LogP contribution in [0.15, 0.2) is 0 Å². The number of hydrogen-bond donors (Lipinski definition) is 0. The molecule has 1 rings (SSSR count). The van der Waals surface area contributed by atoms with E-state index in [4.69, 9.17) is 4.74 Å². The summed E-state index contributed by atoms with van der Waals surface area (Å²) >= 11 is 0. The van der Waals surface area contributed by atoms with Crippen molar-refractivity contribution in [3.8, 4) is 0 Å². The zero-order chi connectivity index (χ0) is 14.5. The van der Waals surface area contributed by atoms with Gasteiger partial charge in [0.15, 0.2) is 0 Å². The molecule has 0 aliphatic heterocycles. The molecule has 0 spiro atoms. The van der Waals surface area contributed by atoms with Gasteiger partial charge in [-0.2, -0.15) is 0 Å². The highest BCUT2D eigenvalue weighted by atomic mass is 16.6. The van der Waals surface area contributed by atoms with Gasteiger partial charge in [0.25, 0.3) is 0 Å². The van der Waals surface area contributed by atoms with Crippen LogP contribution in [0.3, 0.4) is 0 Å².